The fourth-order valence-corrected chi connectivity index (χ4v) is 5.21. The molecule has 0 aliphatic carbocycles. The van der Waals surface area contributed by atoms with E-state index in [0.29, 0.717) is 37.1 Å². The van der Waals surface area contributed by atoms with Gasteiger partial charge in [-0.05, 0) is 45.7 Å². The second-order valence-electron chi connectivity index (χ2n) is 8.19. The van der Waals surface area contributed by atoms with Crippen molar-refractivity contribution in [2.24, 2.45) is 0 Å². The monoisotopic (exact) mass is 448 g/mol. The van der Waals surface area contributed by atoms with Crippen LogP contribution >= 0.6 is 0 Å². The largest absolute Gasteiger partial charge is 0.369 e. The van der Waals surface area contributed by atoms with Crippen molar-refractivity contribution >= 4 is 21.7 Å². The molecule has 10 heteroatoms. The Bertz CT molecular complexity index is 929. The normalized spacial score (nSPS) is 19.4. The van der Waals surface area contributed by atoms with E-state index in [4.69, 9.17) is 6.42 Å². The van der Waals surface area contributed by atoms with Crippen LogP contribution in [0.4, 0.5) is 5.82 Å². The lowest BCUT2D eigenvalue weighted by Crippen LogP contribution is -2.52. The summed E-state index contributed by atoms with van der Waals surface area (Å²) >= 11 is 0. The molecule has 0 aromatic carbocycles. The molecule has 2 aliphatic rings. The predicted molar refractivity (Wildman–Crippen MR) is 120 cm³/mol. The summed E-state index contributed by atoms with van der Waals surface area (Å²) in [5.74, 6) is 2.93. The maximum Gasteiger partial charge on any atom is 0.273 e. The summed E-state index contributed by atoms with van der Waals surface area (Å²) < 4.78 is 25.1. The van der Waals surface area contributed by atoms with Gasteiger partial charge in [-0.2, -0.15) is 0 Å². The topological polar surface area (TPSA) is 98.7 Å². The molecule has 2 aliphatic heterocycles. The number of terminal acetylenes is 1. The van der Waals surface area contributed by atoms with Crippen LogP contribution in [0.5, 0.6) is 0 Å². The quantitative estimate of drug-likeness (QED) is 0.644. The lowest BCUT2D eigenvalue weighted by atomic mass is 9.97. The first-order valence-electron chi connectivity index (χ1n) is 10.8. The van der Waals surface area contributed by atoms with Gasteiger partial charge in [0.2, 0.25) is 10.0 Å². The lowest BCUT2D eigenvalue weighted by molar-refractivity contribution is 0.0543. The van der Waals surface area contributed by atoms with E-state index in [9.17, 15) is 13.2 Å². The van der Waals surface area contributed by atoms with Gasteiger partial charge in [0.05, 0.1) is 11.8 Å². The van der Waals surface area contributed by atoms with Crippen molar-refractivity contribution in [1.82, 2.24) is 24.1 Å². The van der Waals surface area contributed by atoms with E-state index in [2.05, 4.69) is 26.1 Å². The second kappa shape index (κ2) is 9.94. The molecule has 0 bridgehead atoms. The third kappa shape index (κ3) is 5.34. The number of amides is 1. The highest BCUT2D eigenvalue weighted by atomic mass is 32.2. The number of rotatable bonds is 6. The Kier molecular flexibility index (Phi) is 7.51. The second-order valence-corrected chi connectivity index (χ2v) is 10.2. The maximum absolute atomic E-state index is 13.1. The average Bonchev–Trinajstić information content (AvgIpc) is 2.78. The van der Waals surface area contributed by atoms with E-state index in [1.165, 1.54) is 16.9 Å². The van der Waals surface area contributed by atoms with Crippen molar-refractivity contribution in [1.29, 1.82) is 0 Å². The fourth-order valence-electron chi connectivity index (χ4n) is 4.46. The van der Waals surface area contributed by atoms with E-state index in [0.717, 1.165) is 38.8 Å². The standard InChI is InChI=1S/C21H32N6O3S/c1-5-18-19(23-15-24-20(18)22-6-2)21(28)27-13-9-17(10-14-27)26-11-7-16(8-12-26)25(3)31(4,29)30/h1,15-17H,6-14H2,2-4H3,(H,22,23,24). The molecule has 170 valence electrons. The Labute approximate surface area is 185 Å². The smallest absolute Gasteiger partial charge is 0.273 e. The summed E-state index contributed by atoms with van der Waals surface area (Å²) in [6.45, 7) is 5.65. The van der Waals surface area contributed by atoms with Gasteiger partial charge in [0, 0.05) is 38.8 Å². The van der Waals surface area contributed by atoms with Gasteiger partial charge in [-0.25, -0.2) is 22.7 Å². The Morgan fingerprint density at radius 1 is 1.23 bits per heavy atom. The van der Waals surface area contributed by atoms with Gasteiger partial charge in [-0.3, -0.25) is 4.79 Å². The van der Waals surface area contributed by atoms with Crippen molar-refractivity contribution in [3.8, 4) is 12.3 Å². The Morgan fingerprint density at radius 3 is 2.42 bits per heavy atom. The molecule has 31 heavy (non-hydrogen) atoms. The molecule has 0 radical (unpaired) electrons. The number of carbonyl (C=O) groups excluding carboxylic acids is 1. The number of sulfonamides is 1. The van der Waals surface area contributed by atoms with Crippen LogP contribution in [-0.4, -0.2) is 96.5 Å². The fraction of sp³-hybridized carbons (Fsp3) is 0.667. The molecule has 0 spiro atoms. The van der Waals surface area contributed by atoms with Crippen LogP contribution in [0.15, 0.2) is 6.33 Å². The molecule has 3 heterocycles. The maximum atomic E-state index is 13.1. The lowest BCUT2D eigenvalue weighted by Gasteiger charge is -2.43. The van der Waals surface area contributed by atoms with E-state index in [1.807, 2.05) is 11.8 Å². The third-order valence-electron chi connectivity index (χ3n) is 6.34. The summed E-state index contributed by atoms with van der Waals surface area (Å²) in [4.78, 5) is 25.6. The number of aromatic nitrogens is 2. The molecule has 0 atom stereocenters. The summed E-state index contributed by atoms with van der Waals surface area (Å²) in [7, 11) is -1.49. The summed E-state index contributed by atoms with van der Waals surface area (Å²) in [6, 6.07) is 0.474. The first-order valence-corrected chi connectivity index (χ1v) is 12.6. The first-order chi connectivity index (χ1) is 14.8. The van der Waals surface area contributed by atoms with Crippen LogP contribution in [-0.2, 0) is 10.0 Å². The predicted octanol–water partition coefficient (Wildman–Crippen LogP) is 0.850. The van der Waals surface area contributed by atoms with E-state index in [-0.39, 0.29) is 17.6 Å². The molecule has 0 saturated carbocycles. The van der Waals surface area contributed by atoms with Gasteiger partial charge in [0.1, 0.15) is 17.8 Å². The SMILES string of the molecule is C#Cc1c(NCC)ncnc1C(=O)N1CCC(N2CCC(N(C)S(C)(=O)=O)CC2)CC1. The number of anilines is 1. The third-order valence-corrected chi connectivity index (χ3v) is 7.69. The minimum absolute atomic E-state index is 0.0683. The molecule has 1 aromatic heterocycles. The number of piperidine rings is 2. The Balaban J connectivity index is 1.57. The van der Waals surface area contributed by atoms with Crippen molar-refractivity contribution in [2.45, 2.75) is 44.7 Å². The van der Waals surface area contributed by atoms with Crippen molar-refractivity contribution in [2.75, 3.05) is 51.3 Å². The highest BCUT2D eigenvalue weighted by Crippen LogP contribution is 2.25. The summed E-state index contributed by atoms with van der Waals surface area (Å²) in [5, 5.41) is 3.08. The number of hydrogen-bond acceptors (Lipinski definition) is 7. The average molecular weight is 449 g/mol. The molecule has 3 rings (SSSR count). The Morgan fingerprint density at radius 2 is 1.87 bits per heavy atom. The van der Waals surface area contributed by atoms with Gasteiger partial charge in [-0.1, -0.05) is 5.92 Å². The zero-order valence-corrected chi connectivity index (χ0v) is 19.4. The first kappa shape index (κ1) is 23.4. The van der Waals surface area contributed by atoms with Gasteiger partial charge in [0.25, 0.3) is 5.91 Å². The van der Waals surface area contributed by atoms with Gasteiger partial charge >= 0.3 is 0 Å². The van der Waals surface area contributed by atoms with Crippen LogP contribution in [0.1, 0.15) is 48.7 Å². The molecule has 1 aromatic rings. The highest BCUT2D eigenvalue weighted by Gasteiger charge is 2.33. The summed E-state index contributed by atoms with van der Waals surface area (Å²) in [6.07, 6.45) is 11.7. The zero-order chi connectivity index (χ0) is 22.6. The van der Waals surface area contributed by atoms with Gasteiger partial charge in [0.15, 0.2) is 0 Å². The highest BCUT2D eigenvalue weighted by molar-refractivity contribution is 7.88. The zero-order valence-electron chi connectivity index (χ0n) is 18.5. The minimum atomic E-state index is -3.16. The Hall–Kier alpha value is -2.22. The molecule has 1 N–H and O–H groups in total. The molecule has 1 amide bonds. The van der Waals surface area contributed by atoms with Gasteiger partial charge < -0.3 is 15.1 Å². The van der Waals surface area contributed by atoms with Crippen LogP contribution in [0.25, 0.3) is 0 Å². The van der Waals surface area contributed by atoms with Crippen molar-refractivity contribution in [3.05, 3.63) is 17.6 Å². The van der Waals surface area contributed by atoms with Crippen molar-refractivity contribution in [3.63, 3.8) is 0 Å². The molecule has 9 nitrogen and oxygen atoms in total. The number of carbonyl (C=O) groups is 1. The van der Waals surface area contributed by atoms with E-state index < -0.39 is 10.0 Å². The van der Waals surface area contributed by atoms with Crippen LogP contribution < -0.4 is 5.32 Å². The summed E-state index contributed by atoms with van der Waals surface area (Å²) in [5.41, 5.74) is 0.685. The number of nitrogens with zero attached hydrogens (tertiary/aromatic N) is 5. The minimum Gasteiger partial charge on any atom is -0.369 e. The molecule has 2 fully saturated rings. The molecular formula is C21H32N6O3S. The number of hydrogen-bond donors (Lipinski definition) is 1. The van der Waals surface area contributed by atoms with Crippen LogP contribution in [0.3, 0.4) is 0 Å². The van der Waals surface area contributed by atoms with Gasteiger partial charge in [-0.15, -0.1) is 6.42 Å². The van der Waals surface area contributed by atoms with Crippen LogP contribution in [0.2, 0.25) is 0 Å². The van der Waals surface area contributed by atoms with Crippen molar-refractivity contribution < 1.29 is 13.2 Å². The molecule has 2 saturated heterocycles. The van der Waals surface area contributed by atoms with E-state index >= 15 is 0 Å². The van der Waals surface area contributed by atoms with Crippen LogP contribution in [0, 0.1) is 12.3 Å². The molecular weight excluding hydrogens is 416 g/mol. The van der Waals surface area contributed by atoms with E-state index in [1.54, 1.807) is 7.05 Å². The number of nitrogens with one attached hydrogen (secondary N) is 1. The number of likely N-dealkylation sites (tertiary alicyclic amines) is 2. The molecule has 0 unspecified atom stereocenters.